The Morgan fingerprint density at radius 3 is 2.73 bits per heavy atom. The van der Waals surface area contributed by atoms with Gasteiger partial charge in [-0.3, -0.25) is 4.79 Å². The molecule has 3 aromatic rings. The molecule has 1 heterocycles. The van der Waals surface area contributed by atoms with E-state index in [1.165, 1.54) is 12.1 Å². The summed E-state index contributed by atoms with van der Waals surface area (Å²) in [7, 11) is 0. The Balaban J connectivity index is 1.64. The summed E-state index contributed by atoms with van der Waals surface area (Å²) in [6.45, 7) is 3.90. The minimum atomic E-state index is -0.568. The molecule has 4 rings (SSSR count). The standard InChI is InChI=1S/C21H21FN2O2/c1-13(2)26-19-6-4-3-5-17(19)24-20(25)21(9-10-21)16-12-23-18-11-14(22)7-8-15(16)18/h3-8,11-13,23H,9-10H2,1-2H3,(H,24,25). The number of H-pyrrole nitrogens is 1. The predicted octanol–water partition coefficient (Wildman–Crippen LogP) is 4.76. The first-order valence-electron chi connectivity index (χ1n) is 8.84. The fourth-order valence-electron chi connectivity index (χ4n) is 3.41. The molecule has 0 unspecified atom stereocenters. The molecule has 2 N–H and O–H groups in total. The Hall–Kier alpha value is -2.82. The molecule has 1 aromatic heterocycles. The average molecular weight is 352 g/mol. The van der Waals surface area contributed by atoms with Crippen LogP contribution in [-0.2, 0) is 10.2 Å². The van der Waals surface area contributed by atoms with Gasteiger partial charge in [0.2, 0.25) is 5.91 Å². The number of aromatic nitrogens is 1. The van der Waals surface area contributed by atoms with Crippen molar-refractivity contribution < 1.29 is 13.9 Å². The highest BCUT2D eigenvalue weighted by atomic mass is 19.1. The topological polar surface area (TPSA) is 54.1 Å². The van der Waals surface area contributed by atoms with Crippen molar-refractivity contribution >= 4 is 22.5 Å². The zero-order valence-corrected chi connectivity index (χ0v) is 14.8. The predicted molar refractivity (Wildman–Crippen MR) is 100 cm³/mol. The molecule has 0 atom stereocenters. The maximum absolute atomic E-state index is 13.4. The Labute approximate surface area is 151 Å². The molecule has 0 aliphatic heterocycles. The third-order valence-electron chi connectivity index (χ3n) is 4.84. The van der Waals surface area contributed by atoms with E-state index >= 15 is 0 Å². The van der Waals surface area contributed by atoms with E-state index in [2.05, 4.69) is 10.3 Å². The lowest BCUT2D eigenvalue weighted by molar-refractivity contribution is -0.118. The van der Waals surface area contributed by atoms with Gasteiger partial charge >= 0.3 is 0 Å². The van der Waals surface area contributed by atoms with Gasteiger partial charge in [-0.2, -0.15) is 0 Å². The average Bonchev–Trinajstić information content (AvgIpc) is 3.30. The number of halogens is 1. The lowest BCUT2D eigenvalue weighted by Gasteiger charge is -2.18. The van der Waals surface area contributed by atoms with Crippen molar-refractivity contribution in [2.45, 2.75) is 38.2 Å². The largest absolute Gasteiger partial charge is 0.489 e. The smallest absolute Gasteiger partial charge is 0.235 e. The van der Waals surface area contributed by atoms with E-state index < -0.39 is 5.41 Å². The summed E-state index contributed by atoms with van der Waals surface area (Å²) in [5.41, 5.74) is 1.74. The van der Waals surface area contributed by atoms with Crippen LogP contribution in [0.3, 0.4) is 0 Å². The zero-order valence-electron chi connectivity index (χ0n) is 14.8. The molecule has 26 heavy (non-hydrogen) atoms. The Morgan fingerprint density at radius 2 is 2.00 bits per heavy atom. The zero-order chi connectivity index (χ0) is 18.3. The SMILES string of the molecule is CC(C)Oc1ccccc1NC(=O)C1(c2c[nH]c3cc(F)ccc23)CC1. The number of carbonyl (C=O) groups is 1. The van der Waals surface area contributed by atoms with Gasteiger partial charge in [0.1, 0.15) is 11.6 Å². The molecule has 0 radical (unpaired) electrons. The van der Waals surface area contributed by atoms with Gasteiger partial charge in [-0.15, -0.1) is 0 Å². The molecule has 134 valence electrons. The summed E-state index contributed by atoms with van der Waals surface area (Å²) in [6.07, 6.45) is 3.39. The second-order valence-electron chi connectivity index (χ2n) is 7.09. The summed E-state index contributed by atoms with van der Waals surface area (Å²) >= 11 is 0. The van der Waals surface area contributed by atoms with E-state index in [-0.39, 0.29) is 17.8 Å². The molecule has 1 aliphatic carbocycles. The van der Waals surface area contributed by atoms with Crippen molar-refractivity contribution in [2.75, 3.05) is 5.32 Å². The van der Waals surface area contributed by atoms with Gasteiger partial charge < -0.3 is 15.0 Å². The molecule has 1 saturated carbocycles. The van der Waals surface area contributed by atoms with Crippen LogP contribution in [0.1, 0.15) is 32.3 Å². The van der Waals surface area contributed by atoms with Crippen molar-refractivity contribution in [1.29, 1.82) is 0 Å². The highest BCUT2D eigenvalue weighted by Crippen LogP contribution is 2.51. The molecular weight excluding hydrogens is 331 g/mol. The van der Waals surface area contributed by atoms with Gasteiger partial charge in [0.15, 0.2) is 0 Å². The first kappa shape index (κ1) is 16.6. The van der Waals surface area contributed by atoms with Crippen molar-refractivity contribution in [1.82, 2.24) is 4.98 Å². The molecule has 0 saturated heterocycles. The van der Waals surface area contributed by atoms with Gasteiger partial charge in [-0.1, -0.05) is 12.1 Å². The van der Waals surface area contributed by atoms with Crippen LogP contribution in [0.4, 0.5) is 10.1 Å². The number of ether oxygens (including phenoxy) is 1. The van der Waals surface area contributed by atoms with Crippen LogP contribution in [-0.4, -0.2) is 17.0 Å². The maximum Gasteiger partial charge on any atom is 0.235 e. The normalized spacial score (nSPS) is 15.2. The number of para-hydroxylation sites is 2. The first-order chi connectivity index (χ1) is 12.5. The summed E-state index contributed by atoms with van der Waals surface area (Å²) in [5.74, 6) is 0.315. The van der Waals surface area contributed by atoms with Gasteiger partial charge in [0.05, 0.1) is 17.2 Å². The molecule has 4 nitrogen and oxygen atoms in total. The first-order valence-corrected chi connectivity index (χ1v) is 8.84. The van der Waals surface area contributed by atoms with Crippen molar-refractivity contribution in [3.05, 3.63) is 60.0 Å². The summed E-state index contributed by atoms with van der Waals surface area (Å²) in [6, 6.07) is 12.1. The van der Waals surface area contributed by atoms with Crippen LogP contribution < -0.4 is 10.1 Å². The summed E-state index contributed by atoms with van der Waals surface area (Å²) < 4.78 is 19.2. The van der Waals surface area contributed by atoms with Gasteiger partial charge in [0, 0.05) is 17.1 Å². The number of fused-ring (bicyclic) bond motifs is 1. The Morgan fingerprint density at radius 1 is 1.23 bits per heavy atom. The van der Waals surface area contributed by atoms with E-state index in [1.807, 2.05) is 44.3 Å². The van der Waals surface area contributed by atoms with Crippen LogP contribution in [0.5, 0.6) is 5.75 Å². The second kappa shape index (κ2) is 6.16. The van der Waals surface area contributed by atoms with E-state index in [0.29, 0.717) is 17.0 Å². The third kappa shape index (κ3) is 2.83. The molecule has 0 spiro atoms. The molecule has 1 fully saturated rings. The Kier molecular flexibility index (Phi) is 3.94. The highest BCUT2D eigenvalue weighted by Gasteiger charge is 2.52. The van der Waals surface area contributed by atoms with E-state index in [9.17, 15) is 9.18 Å². The van der Waals surface area contributed by atoms with Crippen LogP contribution in [0.25, 0.3) is 10.9 Å². The summed E-state index contributed by atoms with van der Waals surface area (Å²) in [4.78, 5) is 16.2. The van der Waals surface area contributed by atoms with Crippen molar-refractivity contribution in [2.24, 2.45) is 0 Å². The number of rotatable bonds is 5. The van der Waals surface area contributed by atoms with Crippen LogP contribution >= 0.6 is 0 Å². The number of carbonyl (C=O) groups excluding carboxylic acids is 1. The van der Waals surface area contributed by atoms with E-state index in [0.717, 1.165) is 23.8 Å². The van der Waals surface area contributed by atoms with Gasteiger partial charge in [-0.05, 0) is 62.6 Å². The minimum Gasteiger partial charge on any atom is -0.489 e. The minimum absolute atomic E-state index is 0.0199. The number of anilines is 1. The lowest BCUT2D eigenvalue weighted by Crippen LogP contribution is -2.28. The Bertz CT molecular complexity index is 973. The van der Waals surface area contributed by atoms with E-state index in [4.69, 9.17) is 4.74 Å². The molecule has 5 heteroatoms. The fraction of sp³-hybridized carbons (Fsp3) is 0.286. The van der Waals surface area contributed by atoms with E-state index in [1.54, 1.807) is 6.07 Å². The maximum atomic E-state index is 13.4. The number of hydrogen-bond donors (Lipinski definition) is 2. The van der Waals surface area contributed by atoms with Gasteiger partial charge in [0.25, 0.3) is 0 Å². The second-order valence-corrected chi connectivity index (χ2v) is 7.09. The van der Waals surface area contributed by atoms with Crippen LogP contribution in [0, 0.1) is 5.82 Å². The van der Waals surface area contributed by atoms with Crippen molar-refractivity contribution in [3.63, 3.8) is 0 Å². The number of hydrogen-bond acceptors (Lipinski definition) is 2. The summed E-state index contributed by atoms with van der Waals surface area (Å²) in [5, 5.41) is 3.93. The monoisotopic (exact) mass is 352 g/mol. The fourth-order valence-corrected chi connectivity index (χ4v) is 3.41. The molecule has 0 bridgehead atoms. The number of nitrogens with one attached hydrogen (secondary N) is 2. The lowest BCUT2D eigenvalue weighted by atomic mass is 9.94. The van der Waals surface area contributed by atoms with Crippen LogP contribution in [0.2, 0.25) is 0 Å². The highest BCUT2D eigenvalue weighted by molar-refractivity contribution is 6.05. The molecule has 1 amide bonds. The van der Waals surface area contributed by atoms with Crippen molar-refractivity contribution in [3.8, 4) is 5.75 Å². The molecule has 2 aromatic carbocycles. The third-order valence-corrected chi connectivity index (χ3v) is 4.84. The quantitative estimate of drug-likeness (QED) is 0.695. The molecule has 1 aliphatic rings. The number of aromatic amines is 1. The van der Waals surface area contributed by atoms with Gasteiger partial charge in [-0.25, -0.2) is 4.39 Å². The molecular formula is C21H21FN2O2. The number of amides is 1. The van der Waals surface area contributed by atoms with Crippen LogP contribution in [0.15, 0.2) is 48.7 Å². The number of benzene rings is 2.